The second-order valence-corrected chi connectivity index (χ2v) is 13.3. The second-order valence-electron chi connectivity index (χ2n) is 13.3. The molecule has 0 aromatic heterocycles. The van der Waals surface area contributed by atoms with Crippen molar-refractivity contribution in [2.24, 2.45) is 0 Å². The van der Waals surface area contributed by atoms with E-state index in [0.29, 0.717) is 0 Å². The summed E-state index contributed by atoms with van der Waals surface area (Å²) in [5, 5.41) is 2.67. The van der Waals surface area contributed by atoms with E-state index in [1.807, 2.05) is 0 Å². The zero-order valence-corrected chi connectivity index (χ0v) is 30.8. The Balaban J connectivity index is 0.00000161. The molecule has 1 atom stereocenters. The smallest absolute Gasteiger partial charge is 0.00278 e. The van der Waals surface area contributed by atoms with E-state index >= 15 is 0 Å². The topological polar surface area (TPSA) is 0 Å². The molecule has 6 rings (SSSR count). The fourth-order valence-corrected chi connectivity index (χ4v) is 6.35. The standard InChI is InChI=1S/C39H39.2ClH.Hf/c1-25-31-18-13-14-20-33(31)37(35(25)26-15-9-8-10-16-26)36-32-19-12-11-17-27(32)23-34(36)28-21-29(38(2,3)4)24-30(22-28)39(5,6)7;;;/h8-24,37H,1-7H3;2*1H;/q-1;;;/p-2. The van der Waals surface area contributed by atoms with Crippen LogP contribution in [0.2, 0.25) is 0 Å². The molecule has 0 radical (unpaired) electrons. The van der Waals surface area contributed by atoms with E-state index in [1.165, 1.54) is 66.4 Å². The fourth-order valence-electron chi connectivity index (χ4n) is 6.35. The molecule has 1 unspecified atom stereocenters. The zero-order valence-electron chi connectivity index (χ0n) is 25.6. The number of fused-ring (bicyclic) bond motifs is 2. The molecule has 0 N–H and O–H groups in total. The van der Waals surface area contributed by atoms with Crippen molar-refractivity contribution in [3.63, 3.8) is 0 Å². The van der Waals surface area contributed by atoms with Gasteiger partial charge in [-0.25, -0.2) is 0 Å². The van der Waals surface area contributed by atoms with Gasteiger partial charge in [0.25, 0.3) is 0 Å². The van der Waals surface area contributed by atoms with Crippen molar-refractivity contribution in [2.45, 2.75) is 65.2 Å². The van der Waals surface area contributed by atoms with Gasteiger partial charge in [-0.2, -0.15) is 0 Å². The third-order valence-corrected chi connectivity index (χ3v) is 8.56. The Bertz CT molecular complexity index is 1690. The first-order valence-corrected chi connectivity index (χ1v) is 14.2. The first-order chi connectivity index (χ1) is 18.5. The van der Waals surface area contributed by atoms with Gasteiger partial charge >= 0.3 is 0 Å². The summed E-state index contributed by atoms with van der Waals surface area (Å²) in [6.07, 6.45) is 0. The molecule has 0 saturated carbocycles. The molecular formula is C39H39Cl2Hf-3. The molecule has 0 saturated heterocycles. The van der Waals surface area contributed by atoms with Crippen molar-refractivity contribution in [1.29, 1.82) is 0 Å². The molecule has 5 aromatic rings. The minimum Gasteiger partial charge on any atom is -1.00 e. The van der Waals surface area contributed by atoms with Crippen molar-refractivity contribution >= 4 is 21.9 Å². The molecule has 0 aliphatic heterocycles. The quantitative estimate of drug-likeness (QED) is 0.182. The predicted molar refractivity (Wildman–Crippen MR) is 170 cm³/mol. The number of allylic oxidation sites excluding steroid dienone is 2. The van der Waals surface area contributed by atoms with Crippen molar-refractivity contribution in [3.05, 3.63) is 137 Å². The fraction of sp³-hybridized carbons (Fsp3) is 0.256. The Labute approximate surface area is 283 Å². The monoisotopic (exact) mass is 757 g/mol. The van der Waals surface area contributed by atoms with Gasteiger partial charge in [0.15, 0.2) is 0 Å². The van der Waals surface area contributed by atoms with Crippen LogP contribution in [0.25, 0.3) is 33.0 Å². The van der Waals surface area contributed by atoms with Gasteiger partial charge < -0.3 is 24.8 Å². The summed E-state index contributed by atoms with van der Waals surface area (Å²) in [6.45, 7) is 16.3. The summed E-state index contributed by atoms with van der Waals surface area (Å²) in [4.78, 5) is 0. The Hall–Kier alpha value is -2.32. The molecule has 42 heavy (non-hydrogen) atoms. The van der Waals surface area contributed by atoms with Crippen LogP contribution in [-0.2, 0) is 36.7 Å². The van der Waals surface area contributed by atoms with Crippen LogP contribution in [0.15, 0.2) is 103 Å². The molecule has 5 aromatic carbocycles. The molecule has 1 aliphatic rings. The Morgan fingerprint density at radius 2 is 1.17 bits per heavy atom. The van der Waals surface area contributed by atoms with Crippen molar-refractivity contribution in [1.82, 2.24) is 0 Å². The van der Waals surface area contributed by atoms with Gasteiger partial charge in [-0.1, -0.05) is 138 Å². The Morgan fingerprint density at radius 1 is 0.619 bits per heavy atom. The molecule has 0 heterocycles. The van der Waals surface area contributed by atoms with E-state index in [0.717, 1.165) is 0 Å². The zero-order chi connectivity index (χ0) is 27.5. The van der Waals surface area contributed by atoms with E-state index in [4.69, 9.17) is 0 Å². The van der Waals surface area contributed by atoms with Crippen LogP contribution in [0.4, 0.5) is 0 Å². The molecule has 0 fully saturated rings. The third-order valence-electron chi connectivity index (χ3n) is 8.56. The Morgan fingerprint density at radius 3 is 1.79 bits per heavy atom. The number of halogens is 2. The van der Waals surface area contributed by atoms with Crippen LogP contribution in [0.1, 0.15) is 87.8 Å². The number of hydrogen-bond donors (Lipinski definition) is 0. The summed E-state index contributed by atoms with van der Waals surface area (Å²) in [7, 11) is 0. The molecule has 0 amide bonds. The number of benzene rings is 4. The maximum atomic E-state index is 2.45. The second kappa shape index (κ2) is 12.7. The summed E-state index contributed by atoms with van der Waals surface area (Å²) in [5.74, 6) is 0.176. The summed E-state index contributed by atoms with van der Waals surface area (Å²) >= 11 is 0. The van der Waals surface area contributed by atoms with Crippen LogP contribution in [0.3, 0.4) is 0 Å². The van der Waals surface area contributed by atoms with Gasteiger partial charge in [0.1, 0.15) is 0 Å². The minimum absolute atomic E-state index is 0. The van der Waals surface area contributed by atoms with Crippen molar-refractivity contribution in [2.75, 3.05) is 0 Å². The average Bonchev–Trinajstić information content (AvgIpc) is 3.43. The summed E-state index contributed by atoms with van der Waals surface area (Å²) < 4.78 is 0. The number of rotatable bonds is 3. The Kier molecular flexibility index (Phi) is 10.4. The third kappa shape index (κ3) is 6.03. The maximum Gasteiger partial charge on any atom is 0.00278 e. The average molecular weight is 757 g/mol. The van der Waals surface area contributed by atoms with E-state index in [1.54, 1.807) is 0 Å². The number of hydrogen-bond acceptors (Lipinski definition) is 0. The van der Waals surface area contributed by atoms with Crippen molar-refractivity contribution in [3.8, 4) is 11.1 Å². The van der Waals surface area contributed by atoms with E-state index in [-0.39, 0.29) is 67.4 Å². The molecular weight excluding hydrogens is 718 g/mol. The summed E-state index contributed by atoms with van der Waals surface area (Å²) in [6, 6.07) is 38.8. The van der Waals surface area contributed by atoms with Gasteiger partial charge in [-0.05, 0) is 56.7 Å². The molecule has 0 spiro atoms. The normalized spacial score (nSPS) is 14.6. The van der Waals surface area contributed by atoms with Gasteiger partial charge in [0, 0.05) is 31.8 Å². The van der Waals surface area contributed by atoms with Crippen LogP contribution in [0, 0.1) is 0 Å². The minimum atomic E-state index is 0. The maximum absolute atomic E-state index is 2.45. The van der Waals surface area contributed by atoms with E-state index in [2.05, 4.69) is 152 Å². The predicted octanol–water partition coefficient (Wildman–Crippen LogP) is 4.90. The summed E-state index contributed by atoms with van der Waals surface area (Å²) in [5.41, 5.74) is 13.9. The van der Waals surface area contributed by atoms with Gasteiger partial charge in [-0.3, -0.25) is 0 Å². The first-order valence-electron chi connectivity index (χ1n) is 14.2. The largest absolute Gasteiger partial charge is 1.00 e. The molecule has 0 bridgehead atoms. The van der Waals surface area contributed by atoms with E-state index < -0.39 is 0 Å². The first kappa shape index (κ1) is 34.2. The van der Waals surface area contributed by atoms with Gasteiger partial charge in [0.05, 0.1) is 0 Å². The molecule has 0 nitrogen and oxygen atoms in total. The molecule has 3 heteroatoms. The SMILES string of the molecule is CC1=C(c2ccccc2)C(c2c(-c3cc(C(C)(C)C)cc(C(C)(C)C)c3)[cH-]c3ccccc23)c2ccccc21.[Cl-].[Cl-].[Hf]. The van der Waals surface area contributed by atoms with Crippen LogP contribution in [-0.4, -0.2) is 0 Å². The van der Waals surface area contributed by atoms with Gasteiger partial charge in [0.2, 0.25) is 0 Å². The van der Waals surface area contributed by atoms with Crippen LogP contribution >= 0.6 is 0 Å². The van der Waals surface area contributed by atoms with E-state index in [9.17, 15) is 0 Å². The van der Waals surface area contributed by atoms with Crippen LogP contribution < -0.4 is 24.8 Å². The molecule has 216 valence electrons. The van der Waals surface area contributed by atoms with Crippen LogP contribution in [0.5, 0.6) is 0 Å². The van der Waals surface area contributed by atoms with Crippen molar-refractivity contribution < 1.29 is 50.7 Å². The van der Waals surface area contributed by atoms with Gasteiger partial charge in [-0.15, -0.1) is 34.0 Å². The molecule has 1 aliphatic carbocycles.